The van der Waals surface area contributed by atoms with Gasteiger partial charge in [-0.2, -0.15) is 5.10 Å². The highest BCUT2D eigenvalue weighted by Crippen LogP contribution is 2.24. The molecule has 16 heavy (non-hydrogen) atoms. The minimum atomic E-state index is 0.790. The Morgan fingerprint density at radius 3 is 2.81 bits per heavy atom. The van der Waals surface area contributed by atoms with Gasteiger partial charge in [-0.05, 0) is 40.2 Å². The van der Waals surface area contributed by atoms with Crippen molar-refractivity contribution in [2.75, 3.05) is 0 Å². The van der Waals surface area contributed by atoms with E-state index in [-0.39, 0.29) is 0 Å². The van der Waals surface area contributed by atoms with Crippen molar-refractivity contribution >= 4 is 21.6 Å². The zero-order valence-electron chi connectivity index (χ0n) is 8.21. The molecule has 0 unspecified atom stereocenters. The van der Waals surface area contributed by atoms with Crippen molar-refractivity contribution in [2.45, 2.75) is 0 Å². The van der Waals surface area contributed by atoms with Gasteiger partial charge >= 0.3 is 0 Å². The normalized spacial score (nSPS) is 10.8. The Hall–Kier alpha value is -1.75. The molecule has 0 atom stereocenters. The van der Waals surface area contributed by atoms with Crippen LogP contribution in [0, 0.1) is 0 Å². The molecule has 0 bridgehead atoms. The molecule has 3 aromatic heterocycles. The summed E-state index contributed by atoms with van der Waals surface area (Å²) in [5.74, 6) is 0. The number of pyridine rings is 1. The molecule has 3 heterocycles. The van der Waals surface area contributed by atoms with Gasteiger partial charge in [0.15, 0.2) is 5.65 Å². The molecule has 3 aromatic rings. The Labute approximate surface area is 100 Å². The molecule has 5 heteroatoms. The maximum absolute atomic E-state index is 4.47. The molecule has 4 nitrogen and oxygen atoms in total. The quantitative estimate of drug-likeness (QED) is 0.641. The van der Waals surface area contributed by atoms with E-state index in [9.17, 15) is 0 Å². The van der Waals surface area contributed by atoms with Crippen molar-refractivity contribution in [1.29, 1.82) is 0 Å². The number of fused-ring (bicyclic) bond motifs is 1. The number of aromatic nitrogens is 4. The maximum atomic E-state index is 4.47. The van der Waals surface area contributed by atoms with E-state index < -0.39 is 0 Å². The van der Waals surface area contributed by atoms with Crippen LogP contribution in [0.25, 0.3) is 16.9 Å². The largest absolute Gasteiger partial charge is 0.249 e. The number of nitrogens with zero attached hydrogens (tertiary/aromatic N) is 4. The van der Waals surface area contributed by atoms with Crippen molar-refractivity contribution in [3.63, 3.8) is 0 Å². The van der Waals surface area contributed by atoms with Crippen LogP contribution in [0.4, 0.5) is 0 Å². The van der Waals surface area contributed by atoms with Gasteiger partial charge in [0, 0.05) is 18.0 Å². The van der Waals surface area contributed by atoms with Gasteiger partial charge in [0.1, 0.15) is 4.60 Å². The second-order valence-electron chi connectivity index (χ2n) is 3.29. The van der Waals surface area contributed by atoms with Gasteiger partial charge in [-0.1, -0.05) is 0 Å². The van der Waals surface area contributed by atoms with Crippen LogP contribution in [0.5, 0.6) is 0 Å². The lowest BCUT2D eigenvalue weighted by atomic mass is 10.2. The van der Waals surface area contributed by atoms with Crippen LogP contribution in [0.15, 0.2) is 47.5 Å². The van der Waals surface area contributed by atoms with Crippen LogP contribution < -0.4 is 0 Å². The van der Waals surface area contributed by atoms with Gasteiger partial charge in [0.25, 0.3) is 0 Å². The molecule has 0 radical (unpaired) electrons. The lowest BCUT2D eigenvalue weighted by Crippen LogP contribution is -1.85. The lowest BCUT2D eigenvalue weighted by molar-refractivity contribution is 0.936. The van der Waals surface area contributed by atoms with E-state index in [0.29, 0.717) is 0 Å². The molecule has 0 aliphatic rings. The van der Waals surface area contributed by atoms with Crippen LogP contribution in [0.1, 0.15) is 0 Å². The molecule has 0 saturated heterocycles. The standard InChI is InChI=1S/C11H7BrN4/c12-11-8(3-1-5-13-11)9-7-16-10(15-9)4-2-6-14-16/h1-7H. The average molecular weight is 275 g/mol. The first-order chi connectivity index (χ1) is 7.84. The van der Waals surface area contributed by atoms with Crippen LogP contribution in [-0.2, 0) is 0 Å². The third-order valence-electron chi connectivity index (χ3n) is 2.27. The van der Waals surface area contributed by atoms with E-state index >= 15 is 0 Å². The summed E-state index contributed by atoms with van der Waals surface area (Å²) in [5, 5.41) is 4.18. The Morgan fingerprint density at radius 2 is 2.00 bits per heavy atom. The number of rotatable bonds is 1. The molecule has 78 valence electrons. The predicted molar refractivity (Wildman–Crippen MR) is 63.9 cm³/mol. The van der Waals surface area contributed by atoms with Gasteiger partial charge in [-0.25, -0.2) is 14.5 Å². The molecule has 0 aliphatic carbocycles. The van der Waals surface area contributed by atoms with Crippen molar-refractivity contribution in [3.8, 4) is 11.3 Å². The maximum Gasteiger partial charge on any atom is 0.154 e. The van der Waals surface area contributed by atoms with E-state index in [2.05, 4.69) is 31.0 Å². The molecule has 0 spiro atoms. The Kier molecular flexibility index (Phi) is 2.18. The smallest absolute Gasteiger partial charge is 0.154 e. The van der Waals surface area contributed by atoms with E-state index in [1.165, 1.54) is 0 Å². The molecule has 3 rings (SSSR count). The molecular weight excluding hydrogens is 268 g/mol. The fourth-order valence-corrected chi connectivity index (χ4v) is 1.99. The summed E-state index contributed by atoms with van der Waals surface area (Å²) < 4.78 is 2.54. The molecule has 0 N–H and O–H groups in total. The van der Waals surface area contributed by atoms with E-state index in [1.807, 2.05) is 30.5 Å². The van der Waals surface area contributed by atoms with E-state index in [0.717, 1.165) is 21.5 Å². The minimum Gasteiger partial charge on any atom is -0.249 e. The fourth-order valence-electron chi connectivity index (χ4n) is 1.54. The van der Waals surface area contributed by atoms with Gasteiger partial charge in [0.05, 0.1) is 11.9 Å². The van der Waals surface area contributed by atoms with Crippen molar-refractivity contribution < 1.29 is 0 Å². The molecule has 0 aliphatic heterocycles. The first kappa shape index (κ1) is 9.47. The monoisotopic (exact) mass is 274 g/mol. The summed E-state index contributed by atoms with van der Waals surface area (Å²) in [6.45, 7) is 0. The SMILES string of the molecule is Brc1ncccc1-c1cn2ncccc2n1. The second-order valence-corrected chi connectivity index (χ2v) is 4.05. The van der Waals surface area contributed by atoms with Gasteiger partial charge < -0.3 is 0 Å². The molecule has 0 amide bonds. The number of halogens is 1. The average Bonchev–Trinajstić information content (AvgIpc) is 2.73. The van der Waals surface area contributed by atoms with Crippen LogP contribution in [0.3, 0.4) is 0 Å². The number of imidazole rings is 1. The molecule has 0 fully saturated rings. The first-order valence-corrected chi connectivity index (χ1v) is 5.55. The second kappa shape index (κ2) is 3.68. The van der Waals surface area contributed by atoms with Gasteiger partial charge in [-0.3, -0.25) is 0 Å². The minimum absolute atomic E-state index is 0.790. The highest BCUT2D eigenvalue weighted by molar-refractivity contribution is 9.10. The molecular formula is C11H7BrN4. The van der Waals surface area contributed by atoms with E-state index in [1.54, 1.807) is 16.9 Å². The summed E-state index contributed by atoms with van der Waals surface area (Å²) in [6, 6.07) is 7.64. The van der Waals surface area contributed by atoms with Gasteiger partial charge in [0.2, 0.25) is 0 Å². The van der Waals surface area contributed by atoms with Crippen molar-refractivity contribution in [1.82, 2.24) is 19.6 Å². The molecule has 0 saturated carbocycles. The Balaban J connectivity index is 2.23. The first-order valence-electron chi connectivity index (χ1n) is 4.76. The van der Waals surface area contributed by atoms with E-state index in [4.69, 9.17) is 0 Å². The van der Waals surface area contributed by atoms with Crippen LogP contribution in [-0.4, -0.2) is 19.6 Å². The summed E-state index contributed by atoms with van der Waals surface area (Å²) in [7, 11) is 0. The Bertz CT molecular complexity index is 614. The van der Waals surface area contributed by atoms with Crippen LogP contribution in [0.2, 0.25) is 0 Å². The number of hydrogen-bond donors (Lipinski definition) is 0. The van der Waals surface area contributed by atoms with Gasteiger partial charge in [-0.15, -0.1) is 0 Å². The zero-order valence-corrected chi connectivity index (χ0v) is 9.79. The highest BCUT2D eigenvalue weighted by Gasteiger charge is 2.07. The topological polar surface area (TPSA) is 43.1 Å². The summed E-state index contributed by atoms with van der Waals surface area (Å²) in [5.41, 5.74) is 2.65. The third-order valence-corrected chi connectivity index (χ3v) is 2.90. The number of hydrogen-bond acceptors (Lipinski definition) is 3. The van der Waals surface area contributed by atoms with Crippen LogP contribution >= 0.6 is 15.9 Å². The fraction of sp³-hybridized carbons (Fsp3) is 0. The van der Waals surface area contributed by atoms with Crippen molar-refractivity contribution in [2.24, 2.45) is 0 Å². The lowest BCUT2D eigenvalue weighted by Gasteiger charge is -1.97. The predicted octanol–water partition coefficient (Wildman–Crippen LogP) is 2.55. The highest BCUT2D eigenvalue weighted by atomic mass is 79.9. The zero-order chi connectivity index (χ0) is 11.0. The summed E-state index contributed by atoms with van der Waals surface area (Å²) in [6.07, 6.45) is 5.36. The molecule has 0 aromatic carbocycles. The van der Waals surface area contributed by atoms with Crippen molar-refractivity contribution in [3.05, 3.63) is 47.5 Å². The Morgan fingerprint density at radius 1 is 1.12 bits per heavy atom. The third kappa shape index (κ3) is 1.49. The summed E-state index contributed by atoms with van der Waals surface area (Å²) >= 11 is 3.41. The summed E-state index contributed by atoms with van der Waals surface area (Å²) in [4.78, 5) is 8.65.